The molecule has 2 saturated heterocycles. The van der Waals surface area contributed by atoms with Gasteiger partial charge in [-0.1, -0.05) is 0 Å². The van der Waals surface area contributed by atoms with Crippen molar-refractivity contribution in [2.75, 3.05) is 38.5 Å². The number of nitrogens with one attached hydrogen (secondary N) is 1. The lowest BCUT2D eigenvalue weighted by Gasteiger charge is -2.35. The second-order valence-electron chi connectivity index (χ2n) is 5.12. The van der Waals surface area contributed by atoms with Crippen LogP contribution in [0.4, 0.5) is 8.78 Å². The van der Waals surface area contributed by atoms with Crippen LogP contribution in [0.15, 0.2) is 0 Å². The quantitative estimate of drug-likeness (QED) is 0.761. The van der Waals surface area contributed by atoms with E-state index < -0.39 is 35.0 Å². The van der Waals surface area contributed by atoms with Crippen molar-refractivity contribution in [2.45, 2.75) is 25.3 Å². The molecule has 0 radical (unpaired) electrons. The average Bonchev–Trinajstić information content (AvgIpc) is 2.78. The Hall–Kier alpha value is -0.800. The number of rotatable bonds is 3. The zero-order valence-corrected chi connectivity index (χ0v) is 12.1. The number of hydrogen-bond acceptors (Lipinski definition) is 4. The first-order chi connectivity index (χ1) is 9.25. The molecule has 1 amide bonds. The van der Waals surface area contributed by atoms with Gasteiger partial charge in [-0.2, -0.15) is 4.31 Å². The lowest BCUT2D eigenvalue weighted by Crippen LogP contribution is -2.54. The molecule has 2 rings (SSSR count). The molecule has 116 valence electrons. The van der Waals surface area contributed by atoms with Crippen molar-refractivity contribution in [1.29, 1.82) is 0 Å². The Kier molecular flexibility index (Phi) is 4.31. The summed E-state index contributed by atoms with van der Waals surface area (Å²) in [5, 5.41) is 2.52. The molecule has 2 heterocycles. The second-order valence-corrected chi connectivity index (χ2v) is 7.38. The van der Waals surface area contributed by atoms with Gasteiger partial charge in [0.05, 0.1) is 18.3 Å². The number of sulfonamides is 1. The molecule has 1 N–H and O–H groups in total. The number of halogens is 2. The van der Waals surface area contributed by atoms with Gasteiger partial charge < -0.3 is 4.90 Å². The van der Waals surface area contributed by atoms with Crippen molar-refractivity contribution < 1.29 is 22.0 Å². The van der Waals surface area contributed by atoms with E-state index in [2.05, 4.69) is 5.32 Å². The molecular weight excluding hydrogens is 292 g/mol. The van der Waals surface area contributed by atoms with Gasteiger partial charge in [-0.15, -0.1) is 0 Å². The van der Waals surface area contributed by atoms with E-state index in [0.717, 1.165) is 0 Å². The van der Waals surface area contributed by atoms with Gasteiger partial charge in [0.1, 0.15) is 0 Å². The summed E-state index contributed by atoms with van der Waals surface area (Å²) in [5.41, 5.74) is 0. The molecule has 6 nitrogen and oxygen atoms in total. The van der Waals surface area contributed by atoms with Gasteiger partial charge >= 0.3 is 0 Å². The standard InChI is InChI=1S/C11H19F2N3O3S/c1-2-20(18,19)16-5-3-15(4-6-16)10(17)9-7-11(12,13)8-14-9/h9,14H,2-8H2,1H3. The largest absolute Gasteiger partial charge is 0.339 e. The number of nitrogens with zero attached hydrogens (tertiary/aromatic N) is 2. The first-order valence-corrected chi connectivity index (χ1v) is 8.24. The SMILES string of the molecule is CCS(=O)(=O)N1CCN(C(=O)C2CC(F)(F)CN2)CC1. The number of hydrogen-bond donors (Lipinski definition) is 1. The first kappa shape index (κ1) is 15.6. The smallest absolute Gasteiger partial charge is 0.262 e. The van der Waals surface area contributed by atoms with Gasteiger partial charge in [0.25, 0.3) is 5.92 Å². The summed E-state index contributed by atoms with van der Waals surface area (Å²) in [7, 11) is -3.25. The van der Waals surface area contributed by atoms with Crippen LogP contribution in [0.25, 0.3) is 0 Å². The number of carbonyl (C=O) groups excluding carboxylic acids is 1. The van der Waals surface area contributed by atoms with Gasteiger partial charge in [0.15, 0.2) is 0 Å². The highest BCUT2D eigenvalue weighted by atomic mass is 32.2. The Morgan fingerprint density at radius 1 is 1.30 bits per heavy atom. The van der Waals surface area contributed by atoms with E-state index in [1.807, 2.05) is 0 Å². The summed E-state index contributed by atoms with van der Waals surface area (Å²) in [4.78, 5) is 13.5. The Balaban J connectivity index is 1.90. The Bertz CT molecular complexity index is 475. The van der Waals surface area contributed by atoms with Crippen LogP contribution in [0.3, 0.4) is 0 Å². The molecule has 1 atom stereocenters. The normalized spacial score (nSPS) is 27.8. The molecular formula is C11H19F2N3O3S. The number of carbonyl (C=O) groups is 1. The lowest BCUT2D eigenvalue weighted by atomic mass is 10.1. The maximum Gasteiger partial charge on any atom is 0.262 e. The number of piperazine rings is 1. The summed E-state index contributed by atoms with van der Waals surface area (Å²) in [5.74, 6) is -3.18. The minimum absolute atomic E-state index is 0.0251. The van der Waals surface area contributed by atoms with E-state index in [-0.39, 0.29) is 37.8 Å². The first-order valence-electron chi connectivity index (χ1n) is 6.63. The highest BCUT2D eigenvalue weighted by Gasteiger charge is 2.44. The van der Waals surface area contributed by atoms with Crippen molar-refractivity contribution in [3.05, 3.63) is 0 Å². The fraction of sp³-hybridized carbons (Fsp3) is 0.909. The van der Waals surface area contributed by atoms with Crippen LogP contribution >= 0.6 is 0 Å². The maximum absolute atomic E-state index is 13.1. The summed E-state index contributed by atoms with van der Waals surface area (Å²) >= 11 is 0. The number of alkyl halides is 2. The highest BCUT2D eigenvalue weighted by Crippen LogP contribution is 2.26. The summed E-state index contributed by atoms with van der Waals surface area (Å²) in [6, 6.07) is -0.862. The molecule has 0 spiro atoms. The zero-order chi connectivity index (χ0) is 15.0. The molecule has 0 bridgehead atoms. The Labute approximate surface area is 117 Å². The lowest BCUT2D eigenvalue weighted by molar-refractivity contribution is -0.134. The van der Waals surface area contributed by atoms with Gasteiger partial charge in [0.2, 0.25) is 15.9 Å². The third kappa shape index (κ3) is 3.26. The molecule has 0 aliphatic carbocycles. The molecule has 20 heavy (non-hydrogen) atoms. The van der Waals surface area contributed by atoms with Gasteiger partial charge in [-0.05, 0) is 6.92 Å². The summed E-state index contributed by atoms with van der Waals surface area (Å²) < 4.78 is 50.8. The van der Waals surface area contributed by atoms with Crippen molar-refractivity contribution in [3.8, 4) is 0 Å². The summed E-state index contributed by atoms with van der Waals surface area (Å²) in [6.07, 6.45) is -0.487. The predicted molar refractivity (Wildman–Crippen MR) is 69.0 cm³/mol. The fourth-order valence-electron chi connectivity index (χ4n) is 2.48. The van der Waals surface area contributed by atoms with Crippen molar-refractivity contribution in [3.63, 3.8) is 0 Å². The van der Waals surface area contributed by atoms with Crippen LogP contribution in [-0.4, -0.2) is 74.0 Å². The van der Waals surface area contributed by atoms with Crippen LogP contribution in [0.5, 0.6) is 0 Å². The van der Waals surface area contributed by atoms with Crippen LogP contribution < -0.4 is 5.32 Å². The van der Waals surface area contributed by atoms with Gasteiger partial charge in [0, 0.05) is 32.6 Å². The van der Waals surface area contributed by atoms with Crippen molar-refractivity contribution >= 4 is 15.9 Å². The van der Waals surface area contributed by atoms with Crippen molar-refractivity contribution in [1.82, 2.24) is 14.5 Å². The minimum atomic E-state index is -3.25. The fourth-order valence-corrected chi connectivity index (χ4v) is 3.56. The van der Waals surface area contributed by atoms with Crippen molar-refractivity contribution in [2.24, 2.45) is 0 Å². The van der Waals surface area contributed by atoms with E-state index in [1.165, 1.54) is 9.21 Å². The molecule has 0 aromatic rings. The topological polar surface area (TPSA) is 69.7 Å². The Morgan fingerprint density at radius 3 is 2.35 bits per heavy atom. The van der Waals surface area contributed by atoms with Crippen LogP contribution in [0, 0.1) is 0 Å². The van der Waals surface area contributed by atoms with E-state index in [1.54, 1.807) is 6.92 Å². The second kappa shape index (κ2) is 5.53. The van der Waals surface area contributed by atoms with Crippen LogP contribution in [-0.2, 0) is 14.8 Å². The van der Waals surface area contributed by atoms with E-state index in [4.69, 9.17) is 0 Å². The molecule has 1 unspecified atom stereocenters. The number of amides is 1. The minimum Gasteiger partial charge on any atom is -0.339 e. The average molecular weight is 311 g/mol. The molecule has 2 fully saturated rings. The van der Waals surface area contributed by atoms with Crippen LogP contribution in [0.1, 0.15) is 13.3 Å². The third-order valence-corrected chi connectivity index (χ3v) is 5.60. The van der Waals surface area contributed by atoms with E-state index in [0.29, 0.717) is 0 Å². The predicted octanol–water partition coefficient (Wildman–Crippen LogP) is -0.522. The zero-order valence-electron chi connectivity index (χ0n) is 11.3. The molecule has 2 aliphatic rings. The highest BCUT2D eigenvalue weighted by molar-refractivity contribution is 7.89. The monoisotopic (exact) mass is 311 g/mol. The summed E-state index contributed by atoms with van der Waals surface area (Å²) in [6.45, 7) is 2.05. The molecule has 0 aromatic heterocycles. The van der Waals surface area contributed by atoms with Gasteiger partial charge in [-0.3, -0.25) is 10.1 Å². The molecule has 0 aromatic carbocycles. The van der Waals surface area contributed by atoms with E-state index >= 15 is 0 Å². The van der Waals surface area contributed by atoms with Crippen LogP contribution in [0.2, 0.25) is 0 Å². The molecule has 0 saturated carbocycles. The molecule has 9 heteroatoms. The third-order valence-electron chi connectivity index (χ3n) is 3.72. The maximum atomic E-state index is 13.1. The van der Waals surface area contributed by atoms with E-state index in [9.17, 15) is 22.0 Å². The van der Waals surface area contributed by atoms with Gasteiger partial charge in [-0.25, -0.2) is 17.2 Å². The molecule has 2 aliphatic heterocycles. The Morgan fingerprint density at radius 2 is 1.90 bits per heavy atom.